The number of morpholine rings is 1. The van der Waals surface area contributed by atoms with Gasteiger partial charge in [0.05, 0.1) is 28.7 Å². The molecule has 2 heterocycles. The minimum absolute atomic E-state index is 0.181. The summed E-state index contributed by atoms with van der Waals surface area (Å²) in [4.78, 5) is 11.4. The number of sulfone groups is 1. The van der Waals surface area contributed by atoms with Gasteiger partial charge in [-0.05, 0) is 55.4 Å². The molecule has 0 atom stereocenters. The maximum absolute atomic E-state index is 12.6. The maximum atomic E-state index is 12.6. The van der Waals surface area contributed by atoms with E-state index in [0.717, 1.165) is 51.1 Å². The first kappa shape index (κ1) is 26.2. The average Bonchev–Trinajstić information content (AvgIpc) is 2.87. The Labute approximate surface area is 211 Å². The molecule has 1 aromatic heterocycles. The molecule has 192 valence electrons. The molecule has 1 fully saturated rings. The maximum Gasteiger partial charge on any atom is 0.240 e. The number of anilines is 2. The highest BCUT2D eigenvalue weighted by atomic mass is 32.2. The third-order valence-electron chi connectivity index (χ3n) is 5.70. The molecule has 0 bridgehead atoms. The van der Waals surface area contributed by atoms with E-state index in [9.17, 15) is 16.8 Å². The topological polar surface area (TPSA) is 131 Å². The van der Waals surface area contributed by atoms with Gasteiger partial charge in [-0.1, -0.05) is 12.1 Å². The lowest BCUT2D eigenvalue weighted by atomic mass is 10.1. The Morgan fingerprint density at radius 3 is 2.25 bits per heavy atom. The molecule has 3 aromatic rings. The first-order valence-electron chi connectivity index (χ1n) is 11.5. The van der Waals surface area contributed by atoms with Gasteiger partial charge < -0.3 is 10.1 Å². The van der Waals surface area contributed by atoms with Crippen molar-refractivity contribution in [2.45, 2.75) is 16.2 Å². The number of rotatable bonds is 10. The van der Waals surface area contributed by atoms with Crippen molar-refractivity contribution in [3.63, 3.8) is 0 Å². The van der Waals surface area contributed by atoms with Gasteiger partial charge in [-0.15, -0.1) is 0 Å². The van der Waals surface area contributed by atoms with Gasteiger partial charge in [0, 0.05) is 43.3 Å². The van der Waals surface area contributed by atoms with Crippen LogP contribution < -0.4 is 10.0 Å². The molecule has 0 unspecified atom stereocenters. The lowest BCUT2D eigenvalue weighted by Crippen LogP contribution is -2.38. The summed E-state index contributed by atoms with van der Waals surface area (Å²) in [6.07, 6.45) is 3.48. The Morgan fingerprint density at radius 1 is 0.917 bits per heavy atom. The molecule has 0 amide bonds. The van der Waals surface area contributed by atoms with E-state index in [1.54, 1.807) is 36.5 Å². The van der Waals surface area contributed by atoms with Gasteiger partial charge in [0.25, 0.3) is 0 Å². The van der Waals surface area contributed by atoms with Crippen molar-refractivity contribution in [1.82, 2.24) is 19.6 Å². The fourth-order valence-corrected chi connectivity index (χ4v) is 5.42. The van der Waals surface area contributed by atoms with Crippen molar-refractivity contribution >= 4 is 31.5 Å². The molecule has 2 aromatic carbocycles. The molecule has 0 saturated carbocycles. The molecule has 0 aliphatic carbocycles. The molecule has 1 aliphatic heterocycles. The predicted molar refractivity (Wildman–Crippen MR) is 137 cm³/mol. The summed E-state index contributed by atoms with van der Waals surface area (Å²) in [5.41, 5.74) is 1.99. The number of nitrogens with one attached hydrogen (secondary N) is 2. The fourth-order valence-electron chi connectivity index (χ4n) is 3.72. The van der Waals surface area contributed by atoms with Crippen LogP contribution in [0.5, 0.6) is 0 Å². The quantitative estimate of drug-likeness (QED) is 0.378. The first-order chi connectivity index (χ1) is 17.2. The van der Waals surface area contributed by atoms with Crippen LogP contribution in [0.3, 0.4) is 0 Å². The van der Waals surface area contributed by atoms with Crippen LogP contribution in [-0.4, -0.2) is 77.4 Å². The van der Waals surface area contributed by atoms with Gasteiger partial charge in [-0.25, -0.2) is 31.5 Å². The van der Waals surface area contributed by atoms with Crippen LogP contribution >= 0.6 is 0 Å². The summed E-state index contributed by atoms with van der Waals surface area (Å²) in [5.74, 6) is 0.330. The van der Waals surface area contributed by atoms with Crippen LogP contribution in [0.2, 0.25) is 0 Å². The molecule has 0 spiro atoms. The number of benzene rings is 2. The Balaban J connectivity index is 1.35. The molecule has 1 aliphatic rings. The normalized spacial score (nSPS) is 15.0. The number of aromatic nitrogens is 2. The zero-order chi connectivity index (χ0) is 25.6. The fraction of sp³-hybridized carbons (Fsp3) is 0.333. The van der Waals surface area contributed by atoms with Crippen LogP contribution in [0.4, 0.5) is 11.6 Å². The summed E-state index contributed by atoms with van der Waals surface area (Å²) >= 11 is 0. The van der Waals surface area contributed by atoms with E-state index in [1.165, 1.54) is 24.3 Å². The van der Waals surface area contributed by atoms with Gasteiger partial charge in [-0.2, -0.15) is 0 Å². The Hall–Kier alpha value is -2.90. The van der Waals surface area contributed by atoms with Crippen LogP contribution in [0.15, 0.2) is 70.6 Å². The minimum atomic E-state index is -3.60. The number of ether oxygens (including phenoxy) is 1. The molecule has 2 N–H and O–H groups in total. The van der Waals surface area contributed by atoms with Crippen LogP contribution in [0.25, 0.3) is 11.3 Å². The molecular formula is C24H29N5O5S2. The van der Waals surface area contributed by atoms with Crippen molar-refractivity contribution in [3.8, 4) is 11.3 Å². The first-order valence-corrected chi connectivity index (χ1v) is 14.9. The van der Waals surface area contributed by atoms with E-state index in [1.807, 2.05) is 0 Å². The van der Waals surface area contributed by atoms with Gasteiger partial charge in [0.1, 0.15) is 0 Å². The number of nitrogens with zero attached hydrogens (tertiary/aromatic N) is 3. The Morgan fingerprint density at radius 2 is 1.58 bits per heavy atom. The molecule has 0 radical (unpaired) electrons. The molecule has 10 nitrogen and oxygen atoms in total. The van der Waals surface area contributed by atoms with Crippen LogP contribution in [-0.2, 0) is 24.6 Å². The molecule has 12 heteroatoms. The van der Waals surface area contributed by atoms with Crippen LogP contribution in [0.1, 0.15) is 6.42 Å². The van der Waals surface area contributed by atoms with Crippen LogP contribution in [0, 0.1) is 0 Å². The molecule has 4 rings (SSSR count). The van der Waals surface area contributed by atoms with Gasteiger partial charge in [0.2, 0.25) is 16.0 Å². The van der Waals surface area contributed by atoms with E-state index in [0.29, 0.717) is 23.9 Å². The highest BCUT2D eigenvalue weighted by molar-refractivity contribution is 7.90. The number of sulfonamides is 1. The molecular weight excluding hydrogens is 502 g/mol. The monoisotopic (exact) mass is 531 g/mol. The van der Waals surface area contributed by atoms with E-state index < -0.39 is 19.9 Å². The zero-order valence-corrected chi connectivity index (χ0v) is 21.6. The Bertz CT molecular complexity index is 1370. The molecule has 36 heavy (non-hydrogen) atoms. The minimum Gasteiger partial charge on any atom is -0.379 e. The van der Waals surface area contributed by atoms with Crippen molar-refractivity contribution in [2.24, 2.45) is 0 Å². The number of hydrogen-bond acceptors (Lipinski definition) is 9. The third-order valence-corrected chi connectivity index (χ3v) is 8.31. The summed E-state index contributed by atoms with van der Waals surface area (Å²) in [6, 6.07) is 14.5. The van der Waals surface area contributed by atoms with Crippen molar-refractivity contribution in [1.29, 1.82) is 0 Å². The third kappa shape index (κ3) is 7.08. The second-order valence-corrected chi connectivity index (χ2v) is 12.2. The highest BCUT2D eigenvalue weighted by Gasteiger charge is 2.15. The summed E-state index contributed by atoms with van der Waals surface area (Å²) in [6.45, 7) is 4.40. The Kier molecular flexibility index (Phi) is 8.32. The van der Waals surface area contributed by atoms with Crippen molar-refractivity contribution in [3.05, 3.63) is 60.8 Å². The summed E-state index contributed by atoms with van der Waals surface area (Å²) in [7, 11) is -6.88. The predicted octanol–water partition coefficient (Wildman–Crippen LogP) is 2.29. The van der Waals surface area contributed by atoms with Crippen molar-refractivity contribution < 1.29 is 21.6 Å². The average molecular weight is 532 g/mol. The van der Waals surface area contributed by atoms with E-state index in [2.05, 4.69) is 24.9 Å². The second-order valence-electron chi connectivity index (χ2n) is 8.42. The summed E-state index contributed by atoms with van der Waals surface area (Å²) in [5, 5.41) is 3.07. The standard InChI is InChI=1S/C24H29N5O5S2/c1-35(30,31)21-7-3-19(4-8-21)23-11-13-25-24(28-23)27-20-5-9-22(10-6-20)36(32,33)26-12-2-14-29-15-17-34-18-16-29/h3-11,13,26H,2,12,14-18H2,1H3,(H,25,27,28). The zero-order valence-electron chi connectivity index (χ0n) is 19.9. The van der Waals surface area contributed by atoms with Crippen molar-refractivity contribution in [2.75, 3.05) is 51.0 Å². The summed E-state index contributed by atoms with van der Waals surface area (Å²) < 4.78 is 56.5. The highest BCUT2D eigenvalue weighted by Crippen LogP contribution is 2.22. The second kappa shape index (κ2) is 11.4. The smallest absolute Gasteiger partial charge is 0.240 e. The van der Waals surface area contributed by atoms with E-state index in [-0.39, 0.29) is 9.79 Å². The lowest BCUT2D eigenvalue weighted by molar-refractivity contribution is 0.0376. The number of hydrogen-bond donors (Lipinski definition) is 2. The molecule has 1 saturated heterocycles. The van der Waals surface area contributed by atoms with E-state index in [4.69, 9.17) is 4.74 Å². The lowest BCUT2D eigenvalue weighted by Gasteiger charge is -2.26. The van der Waals surface area contributed by atoms with Gasteiger partial charge >= 0.3 is 0 Å². The SMILES string of the molecule is CS(=O)(=O)c1ccc(-c2ccnc(Nc3ccc(S(=O)(=O)NCCCN4CCOCC4)cc3)n2)cc1. The largest absolute Gasteiger partial charge is 0.379 e. The van der Waals surface area contributed by atoms with E-state index >= 15 is 0 Å². The van der Waals surface area contributed by atoms with Gasteiger partial charge in [-0.3, -0.25) is 4.90 Å². The van der Waals surface area contributed by atoms with Gasteiger partial charge in [0.15, 0.2) is 9.84 Å².